The lowest BCUT2D eigenvalue weighted by Gasteiger charge is -2.08. The lowest BCUT2D eigenvalue weighted by molar-refractivity contribution is 0.339. The maximum atomic E-state index is 9.78. The normalized spacial score (nSPS) is 10.3. The number of hydrogen-bond donors (Lipinski definition) is 2. The smallest absolute Gasteiger partial charge is 0.222 e. The first-order valence-corrected chi connectivity index (χ1v) is 4.89. The van der Waals surface area contributed by atoms with Crippen LogP contribution >= 0.6 is 0 Å². The largest absolute Gasteiger partial charge is 0.507 e. The van der Waals surface area contributed by atoms with Gasteiger partial charge >= 0.3 is 0 Å². The lowest BCUT2D eigenvalue weighted by atomic mass is 10.1. The topological polar surface area (TPSA) is 81.5 Å². The molecule has 5 nitrogen and oxygen atoms in total. The number of hydrogen-bond acceptors (Lipinski definition) is 5. The molecule has 2 rings (SSSR count). The SMILES string of the molecule is CCOc1cccc(O)c1-c1cc(N)on1. The summed E-state index contributed by atoms with van der Waals surface area (Å²) in [5.74, 6) is 0.829. The molecule has 1 aromatic carbocycles. The average molecular weight is 220 g/mol. The molecule has 0 unspecified atom stereocenters. The molecule has 0 amide bonds. The second-order valence-corrected chi connectivity index (χ2v) is 3.20. The van der Waals surface area contributed by atoms with E-state index in [0.29, 0.717) is 23.6 Å². The second-order valence-electron chi connectivity index (χ2n) is 3.20. The minimum Gasteiger partial charge on any atom is -0.507 e. The van der Waals surface area contributed by atoms with E-state index in [0.717, 1.165) is 0 Å². The Kier molecular flexibility index (Phi) is 2.68. The van der Waals surface area contributed by atoms with Crippen LogP contribution in [0.25, 0.3) is 11.3 Å². The Balaban J connectivity index is 2.53. The van der Waals surface area contributed by atoms with Crippen LogP contribution in [0.15, 0.2) is 28.8 Å². The quantitative estimate of drug-likeness (QED) is 0.827. The fraction of sp³-hybridized carbons (Fsp3) is 0.182. The van der Waals surface area contributed by atoms with E-state index < -0.39 is 0 Å². The van der Waals surface area contributed by atoms with Crippen LogP contribution < -0.4 is 10.5 Å². The molecule has 3 N–H and O–H groups in total. The number of nitrogens with zero attached hydrogens (tertiary/aromatic N) is 1. The number of aromatic hydroxyl groups is 1. The Labute approximate surface area is 92.4 Å². The summed E-state index contributed by atoms with van der Waals surface area (Å²) >= 11 is 0. The number of benzene rings is 1. The molecule has 0 saturated carbocycles. The van der Waals surface area contributed by atoms with Crippen LogP contribution in [-0.4, -0.2) is 16.9 Å². The highest BCUT2D eigenvalue weighted by atomic mass is 16.5. The van der Waals surface area contributed by atoms with Gasteiger partial charge in [-0.2, -0.15) is 0 Å². The maximum absolute atomic E-state index is 9.78. The minimum atomic E-state index is 0.0826. The van der Waals surface area contributed by atoms with Gasteiger partial charge in [-0.15, -0.1) is 0 Å². The van der Waals surface area contributed by atoms with Crippen molar-refractivity contribution in [2.75, 3.05) is 12.3 Å². The van der Waals surface area contributed by atoms with Crippen molar-refractivity contribution in [3.63, 3.8) is 0 Å². The van der Waals surface area contributed by atoms with Crippen molar-refractivity contribution in [2.24, 2.45) is 0 Å². The van der Waals surface area contributed by atoms with Gasteiger partial charge in [-0.3, -0.25) is 0 Å². The van der Waals surface area contributed by atoms with Crippen molar-refractivity contribution in [1.29, 1.82) is 0 Å². The molecule has 1 heterocycles. The molecule has 0 aliphatic carbocycles. The number of nitrogens with two attached hydrogens (primary N) is 1. The van der Waals surface area contributed by atoms with Crippen LogP contribution in [0.2, 0.25) is 0 Å². The number of aromatic nitrogens is 1. The van der Waals surface area contributed by atoms with Gasteiger partial charge in [0.2, 0.25) is 5.88 Å². The van der Waals surface area contributed by atoms with E-state index in [1.54, 1.807) is 18.2 Å². The van der Waals surface area contributed by atoms with Gasteiger partial charge in [0.05, 0.1) is 12.2 Å². The van der Waals surface area contributed by atoms with Crippen LogP contribution in [-0.2, 0) is 0 Å². The van der Waals surface area contributed by atoms with Crippen LogP contribution in [0, 0.1) is 0 Å². The molecule has 0 atom stereocenters. The highest BCUT2D eigenvalue weighted by Gasteiger charge is 2.15. The van der Waals surface area contributed by atoms with E-state index in [1.807, 2.05) is 6.92 Å². The molecule has 2 aromatic rings. The summed E-state index contributed by atoms with van der Waals surface area (Å²) in [4.78, 5) is 0. The van der Waals surface area contributed by atoms with Crippen molar-refractivity contribution >= 4 is 5.88 Å². The molecule has 0 fully saturated rings. The van der Waals surface area contributed by atoms with Crippen LogP contribution in [0.5, 0.6) is 11.5 Å². The number of phenols is 1. The zero-order valence-electron chi connectivity index (χ0n) is 8.80. The standard InChI is InChI=1S/C11H12N2O3/c1-2-15-9-5-3-4-8(14)11(9)7-6-10(12)16-13-7/h3-6,14H,2,12H2,1H3. The molecule has 0 bridgehead atoms. The van der Waals surface area contributed by atoms with Crippen molar-refractivity contribution in [1.82, 2.24) is 5.16 Å². The number of ether oxygens (including phenoxy) is 1. The number of phenolic OH excluding ortho intramolecular Hbond substituents is 1. The van der Waals surface area contributed by atoms with Crippen LogP contribution in [0.1, 0.15) is 6.92 Å². The molecule has 1 aromatic heterocycles. The Bertz CT molecular complexity index is 494. The molecule has 0 radical (unpaired) electrons. The highest BCUT2D eigenvalue weighted by molar-refractivity contribution is 5.74. The highest BCUT2D eigenvalue weighted by Crippen LogP contribution is 2.37. The van der Waals surface area contributed by atoms with Crippen molar-refractivity contribution in [2.45, 2.75) is 6.92 Å². The summed E-state index contributed by atoms with van der Waals surface area (Å²) in [5, 5.41) is 13.5. The molecular weight excluding hydrogens is 208 g/mol. The summed E-state index contributed by atoms with van der Waals surface area (Å²) in [5.41, 5.74) is 6.39. The third kappa shape index (κ3) is 1.79. The Hall–Kier alpha value is -2.17. The van der Waals surface area contributed by atoms with Gasteiger partial charge in [-0.05, 0) is 19.1 Å². The molecule has 0 aliphatic heterocycles. The molecule has 0 saturated heterocycles. The minimum absolute atomic E-state index is 0.0826. The Morgan fingerprint density at radius 3 is 2.94 bits per heavy atom. The zero-order chi connectivity index (χ0) is 11.5. The fourth-order valence-corrected chi connectivity index (χ4v) is 1.46. The van der Waals surface area contributed by atoms with Gasteiger partial charge in [-0.25, -0.2) is 0 Å². The molecular formula is C11H12N2O3. The van der Waals surface area contributed by atoms with Crippen molar-refractivity contribution in [3.8, 4) is 22.8 Å². The third-order valence-corrected chi connectivity index (χ3v) is 2.09. The summed E-state index contributed by atoms with van der Waals surface area (Å²) in [6.07, 6.45) is 0. The zero-order valence-corrected chi connectivity index (χ0v) is 8.80. The third-order valence-electron chi connectivity index (χ3n) is 2.09. The van der Waals surface area contributed by atoms with Gasteiger partial charge in [0.15, 0.2) is 0 Å². The first kappa shape index (κ1) is 10.4. The van der Waals surface area contributed by atoms with E-state index in [1.165, 1.54) is 6.07 Å². The van der Waals surface area contributed by atoms with Gasteiger partial charge < -0.3 is 20.1 Å². The monoisotopic (exact) mass is 220 g/mol. The summed E-state index contributed by atoms with van der Waals surface area (Å²) in [7, 11) is 0. The predicted molar refractivity (Wildman–Crippen MR) is 59.2 cm³/mol. The molecule has 16 heavy (non-hydrogen) atoms. The van der Waals surface area contributed by atoms with E-state index >= 15 is 0 Å². The van der Waals surface area contributed by atoms with Crippen LogP contribution in [0.4, 0.5) is 5.88 Å². The first-order chi connectivity index (χ1) is 7.72. The van der Waals surface area contributed by atoms with Crippen LogP contribution in [0.3, 0.4) is 0 Å². The summed E-state index contributed by atoms with van der Waals surface area (Å²) < 4.78 is 10.2. The number of nitrogen functional groups attached to an aromatic ring is 1. The fourth-order valence-electron chi connectivity index (χ4n) is 1.46. The van der Waals surface area contributed by atoms with Crippen molar-refractivity contribution < 1.29 is 14.4 Å². The maximum Gasteiger partial charge on any atom is 0.222 e. The van der Waals surface area contributed by atoms with E-state index in [2.05, 4.69) is 5.16 Å². The van der Waals surface area contributed by atoms with Gasteiger partial charge in [-0.1, -0.05) is 11.2 Å². The molecule has 0 spiro atoms. The van der Waals surface area contributed by atoms with Gasteiger partial charge in [0.25, 0.3) is 0 Å². The summed E-state index contributed by atoms with van der Waals surface area (Å²) in [6.45, 7) is 2.37. The molecule has 5 heteroatoms. The lowest BCUT2D eigenvalue weighted by Crippen LogP contribution is -1.94. The first-order valence-electron chi connectivity index (χ1n) is 4.89. The van der Waals surface area contributed by atoms with Crippen molar-refractivity contribution in [3.05, 3.63) is 24.3 Å². The number of anilines is 1. The van der Waals surface area contributed by atoms with Gasteiger partial charge in [0, 0.05) is 6.07 Å². The predicted octanol–water partition coefficient (Wildman–Crippen LogP) is 2.03. The molecule has 84 valence electrons. The average Bonchev–Trinajstić information content (AvgIpc) is 2.65. The van der Waals surface area contributed by atoms with E-state index in [9.17, 15) is 5.11 Å². The molecule has 0 aliphatic rings. The Morgan fingerprint density at radius 2 is 2.31 bits per heavy atom. The summed E-state index contributed by atoms with van der Waals surface area (Å²) in [6, 6.07) is 6.55. The second kappa shape index (κ2) is 4.14. The Morgan fingerprint density at radius 1 is 1.50 bits per heavy atom. The van der Waals surface area contributed by atoms with Gasteiger partial charge in [0.1, 0.15) is 17.2 Å². The number of rotatable bonds is 3. The van der Waals surface area contributed by atoms with E-state index in [4.69, 9.17) is 15.0 Å². The van der Waals surface area contributed by atoms with E-state index in [-0.39, 0.29) is 11.6 Å².